The molecule has 0 fully saturated rings. The van der Waals surface area contributed by atoms with E-state index in [0.717, 1.165) is 6.26 Å². The molecule has 0 aliphatic carbocycles. The molecule has 1 unspecified atom stereocenters. The minimum absolute atomic E-state index is 0.376. The van der Waals surface area contributed by atoms with E-state index >= 15 is 0 Å². The first-order valence-corrected chi connectivity index (χ1v) is 6.93. The molecule has 0 heterocycles. The summed E-state index contributed by atoms with van der Waals surface area (Å²) < 4.78 is 24.5. The third kappa shape index (κ3) is 8.80. The Balaban J connectivity index is 3.95. The lowest BCUT2D eigenvalue weighted by Crippen LogP contribution is -2.50. The van der Waals surface area contributed by atoms with E-state index in [4.69, 9.17) is 0 Å². The predicted molar refractivity (Wildman–Crippen MR) is 61.2 cm³/mol. The fraction of sp³-hybridized carbons (Fsp3) is 1.00. The molecule has 0 aliphatic rings. The summed E-state index contributed by atoms with van der Waals surface area (Å²) in [6.45, 7) is 6.44. The Morgan fingerprint density at radius 3 is 2.33 bits per heavy atom. The second-order valence-corrected chi connectivity index (χ2v) is 6.20. The Morgan fingerprint density at radius 2 is 1.93 bits per heavy atom. The average molecular weight is 238 g/mol. The van der Waals surface area contributed by atoms with Gasteiger partial charge in [-0.1, -0.05) is 6.92 Å². The molecule has 0 aliphatic heterocycles. The van der Waals surface area contributed by atoms with Crippen molar-refractivity contribution in [2.45, 2.75) is 38.8 Å². The van der Waals surface area contributed by atoms with Crippen LogP contribution in [-0.4, -0.2) is 44.5 Å². The Labute approximate surface area is 92.3 Å². The molecule has 0 saturated heterocycles. The fourth-order valence-electron chi connectivity index (χ4n) is 1.23. The van der Waals surface area contributed by atoms with Crippen molar-refractivity contribution < 1.29 is 13.5 Å². The van der Waals surface area contributed by atoms with Gasteiger partial charge in [0.2, 0.25) is 10.0 Å². The molecule has 6 heteroatoms. The van der Waals surface area contributed by atoms with Gasteiger partial charge in [-0.15, -0.1) is 0 Å². The molecule has 3 N–H and O–H groups in total. The van der Waals surface area contributed by atoms with E-state index < -0.39 is 15.6 Å². The second-order valence-electron chi connectivity index (χ2n) is 4.45. The van der Waals surface area contributed by atoms with Crippen molar-refractivity contribution >= 4 is 10.0 Å². The van der Waals surface area contributed by atoms with Gasteiger partial charge >= 0.3 is 0 Å². The summed E-state index contributed by atoms with van der Waals surface area (Å²) in [5.41, 5.74) is -0.541. The number of nitrogens with one attached hydrogen (secondary N) is 2. The molecule has 92 valence electrons. The van der Waals surface area contributed by atoms with Crippen molar-refractivity contribution in [2.75, 3.05) is 19.3 Å². The van der Waals surface area contributed by atoms with Gasteiger partial charge in [0.25, 0.3) is 0 Å². The maximum Gasteiger partial charge on any atom is 0.209 e. The number of hydrogen-bond acceptors (Lipinski definition) is 4. The van der Waals surface area contributed by atoms with Crippen LogP contribution in [0.25, 0.3) is 0 Å². The van der Waals surface area contributed by atoms with Gasteiger partial charge in [0.15, 0.2) is 0 Å². The zero-order valence-electron chi connectivity index (χ0n) is 9.87. The maximum absolute atomic E-state index is 11.0. The predicted octanol–water partition coefficient (Wildman–Crippen LogP) is -0.325. The van der Waals surface area contributed by atoms with Gasteiger partial charge in [0.1, 0.15) is 0 Å². The highest BCUT2D eigenvalue weighted by molar-refractivity contribution is 7.88. The van der Waals surface area contributed by atoms with Gasteiger partial charge in [-0.25, -0.2) is 13.1 Å². The summed E-state index contributed by atoms with van der Waals surface area (Å²) in [6, 6.07) is 0. The van der Waals surface area contributed by atoms with Crippen LogP contribution in [0.2, 0.25) is 0 Å². The standard InChI is InChI=1S/C9H22N2O3S/c1-5-8(12)6-10-7-9(2,3)11-15(4,13)14/h8,10-12H,5-7H2,1-4H3. The van der Waals surface area contributed by atoms with E-state index in [0.29, 0.717) is 19.5 Å². The molecule has 1 atom stereocenters. The smallest absolute Gasteiger partial charge is 0.209 e. The third-order valence-electron chi connectivity index (χ3n) is 1.88. The Kier molecular flexibility index (Phi) is 5.72. The lowest BCUT2D eigenvalue weighted by Gasteiger charge is -2.25. The molecule has 5 nitrogen and oxygen atoms in total. The molecule has 0 aromatic rings. The van der Waals surface area contributed by atoms with Crippen LogP contribution < -0.4 is 10.0 Å². The third-order valence-corrected chi connectivity index (χ3v) is 2.80. The lowest BCUT2D eigenvalue weighted by molar-refractivity contribution is 0.165. The van der Waals surface area contributed by atoms with E-state index in [9.17, 15) is 13.5 Å². The minimum atomic E-state index is -3.19. The van der Waals surface area contributed by atoms with Crippen LogP contribution in [-0.2, 0) is 10.0 Å². The molecule has 0 rings (SSSR count). The fourth-order valence-corrected chi connectivity index (χ4v) is 2.31. The normalized spacial score (nSPS) is 15.3. The summed E-state index contributed by atoms with van der Waals surface area (Å²) in [5, 5.41) is 12.3. The Bertz CT molecular complexity index is 275. The first-order valence-electron chi connectivity index (χ1n) is 5.04. The van der Waals surface area contributed by atoms with E-state index in [2.05, 4.69) is 10.0 Å². The molecule has 0 aromatic carbocycles. The lowest BCUT2D eigenvalue weighted by atomic mass is 10.1. The quantitative estimate of drug-likeness (QED) is 0.568. The van der Waals surface area contributed by atoms with E-state index in [1.807, 2.05) is 6.92 Å². The minimum Gasteiger partial charge on any atom is -0.392 e. The number of sulfonamides is 1. The second kappa shape index (κ2) is 5.79. The molecule has 0 radical (unpaired) electrons. The van der Waals surface area contributed by atoms with Crippen molar-refractivity contribution in [3.8, 4) is 0 Å². The van der Waals surface area contributed by atoms with Crippen LogP contribution in [0.1, 0.15) is 27.2 Å². The van der Waals surface area contributed by atoms with Crippen LogP contribution in [0.4, 0.5) is 0 Å². The van der Waals surface area contributed by atoms with Gasteiger partial charge in [0.05, 0.1) is 12.4 Å². The van der Waals surface area contributed by atoms with Gasteiger partial charge in [0, 0.05) is 18.6 Å². The van der Waals surface area contributed by atoms with Crippen molar-refractivity contribution in [2.24, 2.45) is 0 Å². The average Bonchev–Trinajstić information content (AvgIpc) is 1.98. The van der Waals surface area contributed by atoms with Gasteiger partial charge in [-0.05, 0) is 20.3 Å². The largest absolute Gasteiger partial charge is 0.392 e. The summed E-state index contributed by atoms with van der Waals surface area (Å²) >= 11 is 0. The molecular formula is C9H22N2O3S. The van der Waals surface area contributed by atoms with E-state index in [1.54, 1.807) is 13.8 Å². The summed E-state index contributed by atoms with van der Waals surface area (Å²) in [6.07, 6.45) is 1.45. The van der Waals surface area contributed by atoms with Gasteiger partial charge in [-0.2, -0.15) is 0 Å². The molecule has 15 heavy (non-hydrogen) atoms. The number of hydrogen-bond donors (Lipinski definition) is 3. The monoisotopic (exact) mass is 238 g/mol. The molecule has 0 bridgehead atoms. The first-order chi connectivity index (χ1) is 6.66. The van der Waals surface area contributed by atoms with Crippen LogP contribution >= 0.6 is 0 Å². The Hall–Kier alpha value is -0.170. The molecule has 0 aromatic heterocycles. The van der Waals surface area contributed by atoms with E-state index in [-0.39, 0.29) is 6.10 Å². The van der Waals surface area contributed by atoms with E-state index in [1.165, 1.54) is 0 Å². The van der Waals surface area contributed by atoms with Crippen molar-refractivity contribution in [1.82, 2.24) is 10.0 Å². The van der Waals surface area contributed by atoms with Crippen molar-refractivity contribution in [3.05, 3.63) is 0 Å². The molecular weight excluding hydrogens is 216 g/mol. The maximum atomic E-state index is 11.0. The highest BCUT2D eigenvalue weighted by Gasteiger charge is 2.21. The number of aliphatic hydroxyl groups is 1. The molecule has 0 amide bonds. The summed E-state index contributed by atoms with van der Waals surface area (Å²) in [4.78, 5) is 0. The zero-order valence-corrected chi connectivity index (χ0v) is 10.7. The van der Waals surface area contributed by atoms with Crippen LogP contribution in [0.3, 0.4) is 0 Å². The first kappa shape index (κ1) is 14.8. The van der Waals surface area contributed by atoms with Crippen LogP contribution in [0.15, 0.2) is 0 Å². The van der Waals surface area contributed by atoms with Gasteiger partial charge in [-0.3, -0.25) is 0 Å². The van der Waals surface area contributed by atoms with Gasteiger partial charge < -0.3 is 10.4 Å². The SMILES string of the molecule is CCC(O)CNCC(C)(C)NS(C)(=O)=O. The van der Waals surface area contributed by atoms with Crippen molar-refractivity contribution in [1.29, 1.82) is 0 Å². The highest BCUT2D eigenvalue weighted by atomic mass is 32.2. The Morgan fingerprint density at radius 1 is 1.40 bits per heavy atom. The number of aliphatic hydroxyl groups excluding tert-OH is 1. The summed E-state index contributed by atoms with van der Waals surface area (Å²) in [5.74, 6) is 0. The van der Waals surface area contributed by atoms with Crippen LogP contribution in [0, 0.1) is 0 Å². The molecule has 0 saturated carbocycles. The highest BCUT2D eigenvalue weighted by Crippen LogP contribution is 2.01. The topological polar surface area (TPSA) is 78.4 Å². The molecule has 0 spiro atoms. The number of rotatable bonds is 7. The zero-order chi connectivity index (χ0) is 12.1. The van der Waals surface area contributed by atoms with Crippen LogP contribution in [0.5, 0.6) is 0 Å². The summed E-state index contributed by atoms with van der Waals surface area (Å²) in [7, 11) is -3.19. The van der Waals surface area contributed by atoms with Crippen molar-refractivity contribution in [3.63, 3.8) is 0 Å².